The molecule has 0 amide bonds. The molecule has 0 bridgehead atoms. The Morgan fingerprint density at radius 3 is 2.52 bits per heavy atom. The number of hydrogen-bond donors (Lipinski definition) is 0. The molecule has 124 valence electrons. The number of carbonyl (C=O) groups excluding carboxylic acids is 2. The summed E-state index contributed by atoms with van der Waals surface area (Å²) in [5.41, 5.74) is 2.62. The molecule has 0 aromatic carbocycles. The van der Waals surface area contributed by atoms with Gasteiger partial charge < -0.3 is 4.74 Å². The molecule has 0 aromatic heterocycles. The molecular weight excluding hydrogens is 288 g/mol. The average Bonchev–Trinajstić information content (AvgIpc) is 2.90. The second-order valence-corrected chi connectivity index (χ2v) is 8.76. The lowest BCUT2D eigenvalue weighted by molar-refractivity contribution is -0.133. The molecule has 0 radical (unpaired) electrons. The third-order valence-electron chi connectivity index (χ3n) is 7.03. The summed E-state index contributed by atoms with van der Waals surface area (Å²) in [5.74, 6) is 1.49. The van der Waals surface area contributed by atoms with Crippen molar-refractivity contribution in [3.05, 3.63) is 22.5 Å². The first-order valence-corrected chi connectivity index (χ1v) is 9.02. The van der Waals surface area contributed by atoms with Crippen molar-refractivity contribution in [2.75, 3.05) is 0 Å². The van der Waals surface area contributed by atoms with Gasteiger partial charge >= 0.3 is 5.97 Å². The lowest BCUT2D eigenvalue weighted by Crippen LogP contribution is -2.29. The second-order valence-electron chi connectivity index (χ2n) is 8.76. The van der Waals surface area contributed by atoms with Gasteiger partial charge in [-0.3, -0.25) is 4.79 Å². The number of carbonyl (C=O) groups is 2. The van der Waals surface area contributed by atoms with E-state index in [-0.39, 0.29) is 22.6 Å². The van der Waals surface area contributed by atoms with Crippen LogP contribution in [0.15, 0.2) is 22.5 Å². The third-order valence-corrected chi connectivity index (χ3v) is 7.03. The van der Waals surface area contributed by atoms with Crippen LogP contribution in [0.2, 0.25) is 0 Å². The standard InChI is InChI=1S/C20H26O3/c1-11(2)13-10-14(21)16-17-15-12(18(22)23-17)6-5-7-19(15,3)8-9-20(13,16)4/h11,13H,5-10H2,1-4H3/t13-,19+,20-/m1/s1. The molecule has 3 aliphatic carbocycles. The van der Waals surface area contributed by atoms with Crippen LogP contribution < -0.4 is 0 Å². The molecule has 1 aliphatic heterocycles. The number of esters is 1. The van der Waals surface area contributed by atoms with Crippen molar-refractivity contribution in [2.24, 2.45) is 22.7 Å². The van der Waals surface area contributed by atoms with Gasteiger partial charge in [-0.2, -0.15) is 0 Å². The van der Waals surface area contributed by atoms with Gasteiger partial charge in [0.1, 0.15) is 5.76 Å². The van der Waals surface area contributed by atoms with Gasteiger partial charge in [-0.1, -0.05) is 27.7 Å². The van der Waals surface area contributed by atoms with Crippen LogP contribution in [0.3, 0.4) is 0 Å². The maximum atomic E-state index is 12.9. The monoisotopic (exact) mass is 314 g/mol. The fraction of sp³-hybridized carbons (Fsp3) is 0.700. The van der Waals surface area contributed by atoms with E-state index >= 15 is 0 Å². The molecule has 1 heterocycles. The van der Waals surface area contributed by atoms with E-state index in [1.807, 2.05) is 0 Å². The molecule has 3 atom stereocenters. The van der Waals surface area contributed by atoms with E-state index in [1.54, 1.807) is 0 Å². The third kappa shape index (κ3) is 1.82. The van der Waals surface area contributed by atoms with Gasteiger partial charge in [0.05, 0.1) is 0 Å². The zero-order chi connectivity index (χ0) is 16.6. The predicted molar refractivity (Wildman–Crippen MR) is 87.4 cm³/mol. The smallest absolute Gasteiger partial charge is 0.339 e. The lowest BCUT2D eigenvalue weighted by Gasteiger charge is -2.37. The Kier molecular flexibility index (Phi) is 3.02. The van der Waals surface area contributed by atoms with Gasteiger partial charge in [0.2, 0.25) is 0 Å². The Bertz CT molecular complexity index is 681. The molecule has 4 aliphatic rings. The highest BCUT2D eigenvalue weighted by Crippen LogP contribution is 2.62. The number of Topliss-reactive ketones (excluding diaryl/α,β-unsaturated/α-hetero) is 1. The van der Waals surface area contributed by atoms with Crippen molar-refractivity contribution in [1.29, 1.82) is 0 Å². The van der Waals surface area contributed by atoms with E-state index in [1.165, 1.54) is 0 Å². The molecule has 0 saturated heterocycles. The maximum absolute atomic E-state index is 12.9. The minimum absolute atomic E-state index is 0.00274. The second kappa shape index (κ2) is 4.58. The number of ether oxygens (including phenoxy) is 1. The van der Waals surface area contributed by atoms with Crippen LogP contribution in [0, 0.1) is 22.7 Å². The SMILES string of the molecule is CC(C)[C@H]1CC(=O)C2=C3OC(=O)C4=C3[C@@](C)(CCC4)CC[C@@]21C. The molecule has 1 saturated carbocycles. The Morgan fingerprint density at radius 1 is 1.09 bits per heavy atom. The first-order valence-electron chi connectivity index (χ1n) is 9.02. The van der Waals surface area contributed by atoms with Crippen molar-refractivity contribution in [3.63, 3.8) is 0 Å². The topological polar surface area (TPSA) is 43.4 Å². The molecule has 0 aromatic rings. The highest BCUT2D eigenvalue weighted by atomic mass is 16.5. The maximum Gasteiger partial charge on any atom is 0.339 e. The Morgan fingerprint density at radius 2 is 1.83 bits per heavy atom. The molecule has 4 rings (SSSR count). The fourth-order valence-corrected chi connectivity index (χ4v) is 5.75. The van der Waals surface area contributed by atoms with E-state index in [2.05, 4.69) is 27.7 Å². The number of allylic oxidation sites excluding steroid dienone is 2. The predicted octanol–water partition coefficient (Wildman–Crippen LogP) is 4.33. The van der Waals surface area contributed by atoms with Crippen molar-refractivity contribution in [2.45, 2.75) is 66.2 Å². The summed E-state index contributed by atoms with van der Waals surface area (Å²) in [6, 6.07) is 0. The molecule has 0 unspecified atom stereocenters. The molecular formula is C20H26O3. The van der Waals surface area contributed by atoms with Crippen LogP contribution in [-0.2, 0) is 14.3 Å². The number of hydrogen-bond acceptors (Lipinski definition) is 3. The molecule has 0 spiro atoms. The van der Waals surface area contributed by atoms with E-state index in [0.29, 0.717) is 24.0 Å². The first kappa shape index (κ1) is 15.2. The Hall–Kier alpha value is -1.38. The molecule has 1 fully saturated rings. The first-order chi connectivity index (χ1) is 10.8. The summed E-state index contributed by atoms with van der Waals surface area (Å²) in [4.78, 5) is 25.3. The molecule has 3 nitrogen and oxygen atoms in total. The minimum atomic E-state index is -0.196. The van der Waals surface area contributed by atoms with Gasteiger partial charge in [-0.05, 0) is 49.4 Å². The number of ketones is 1. The van der Waals surface area contributed by atoms with E-state index < -0.39 is 0 Å². The Labute approximate surface area is 138 Å². The van der Waals surface area contributed by atoms with Crippen molar-refractivity contribution < 1.29 is 14.3 Å². The lowest BCUT2D eigenvalue weighted by atomic mass is 9.66. The summed E-state index contributed by atoms with van der Waals surface area (Å²) >= 11 is 0. The van der Waals surface area contributed by atoms with Crippen LogP contribution >= 0.6 is 0 Å². The highest BCUT2D eigenvalue weighted by molar-refractivity contribution is 6.04. The summed E-state index contributed by atoms with van der Waals surface area (Å²) in [5, 5.41) is 0. The fourth-order valence-electron chi connectivity index (χ4n) is 5.75. The molecule has 3 heteroatoms. The number of fused-ring (bicyclic) bond motifs is 1. The molecule has 0 N–H and O–H groups in total. The van der Waals surface area contributed by atoms with Crippen molar-refractivity contribution in [3.8, 4) is 0 Å². The van der Waals surface area contributed by atoms with Gasteiger partial charge in [0, 0.05) is 28.6 Å². The highest BCUT2D eigenvalue weighted by Gasteiger charge is 2.57. The van der Waals surface area contributed by atoms with Gasteiger partial charge in [-0.25, -0.2) is 4.79 Å². The quantitative estimate of drug-likeness (QED) is 0.677. The van der Waals surface area contributed by atoms with Crippen LogP contribution in [0.25, 0.3) is 0 Å². The van der Waals surface area contributed by atoms with Crippen molar-refractivity contribution >= 4 is 11.8 Å². The van der Waals surface area contributed by atoms with E-state index in [4.69, 9.17) is 4.74 Å². The van der Waals surface area contributed by atoms with E-state index in [0.717, 1.165) is 48.8 Å². The van der Waals surface area contributed by atoms with Crippen molar-refractivity contribution in [1.82, 2.24) is 0 Å². The van der Waals surface area contributed by atoms with Crippen LogP contribution in [-0.4, -0.2) is 11.8 Å². The minimum Gasteiger partial charge on any atom is -0.422 e. The van der Waals surface area contributed by atoms with Crippen LogP contribution in [0.5, 0.6) is 0 Å². The van der Waals surface area contributed by atoms with E-state index in [9.17, 15) is 9.59 Å². The van der Waals surface area contributed by atoms with Gasteiger partial charge in [0.15, 0.2) is 5.78 Å². The summed E-state index contributed by atoms with van der Waals surface area (Å²) < 4.78 is 5.75. The van der Waals surface area contributed by atoms with Gasteiger partial charge in [0.25, 0.3) is 0 Å². The van der Waals surface area contributed by atoms with Crippen LogP contribution in [0.4, 0.5) is 0 Å². The largest absolute Gasteiger partial charge is 0.422 e. The molecule has 23 heavy (non-hydrogen) atoms. The summed E-state index contributed by atoms with van der Waals surface area (Å²) in [7, 11) is 0. The normalized spacial score (nSPS) is 39.6. The zero-order valence-electron chi connectivity index (χ0n) is 14.6. The Balaban J connectivity index is 1.98. The number of rotatable bonds is 1. The average molecular weight is 314 g/mol. The summed E-state index contributed by atoms with van der Waals surface area (Å²) in [6.45, 7) is 8.92. The zero-order valence-corrected chi connectivity index (χ0v) is 14.6. The van der Waals surface area contributed by atoms with Gasteiger partial charge in [-0.15, -0.1) is 0 Å². The summed E-state index contributed by atoms with van der Waals surface area (Å²) in [6.07, 6.45) is 5.61. The van der Waals surface area contributed by atoms with Crippen LogP contribution in [0.1, 0.15) is 66.2 Å².